The van der Waals surface area contributed by atoms with Gasteiger partial charge in [-0.15, -0.1) is 0 Å². The molecule has 1 heterocycles. The average Bonchev–Trinajstić information content (AvgIpc) is 2.71. The molecule has 1 unspecified atom stereocenters. The van der Waals surface area contributed by atoms with E-state index in [1.54, 1.807) is 14.1 Å². The number of methoxy groups -OCH3 is 1. The largest absolute Gasteiger partial charge is 0.444 e. The van der Waals surface area contributed by atoms with Crippen molar-refractivity contribution in [3.8, 4) is 0 Å². The van der Waals surface area contributed by atoms with Crippen LogP contribution in [-0.4, -0.2) is 67.3 Å². The third-order valence-electron chi connectivity index (χ3n) is 3.07. The molecule has 0 bridgehead atoms. The zero-order valence-corrected chi connectivity index (χ0v) is 12.6. The molecule has 1 atom stereocenters. The molecule has 0 N–H and O–H groups in total. The van der Waals surface area contributed by atoms with Crippen molar-refractivity contribution in [3.63, 3.8) is 0 Å². The molecule has 2 amide bonds. The number of likely N-dealkylation sites (tertiary alicyclic amines) is 1. The molecule has 6 heteroatoms. The zero-order valence-electron chi connectivity index (χ0n) is 12.6. The second-order valence-electron chi connectivity index (χ2n) is 6.05. The van der Waals surface area contributed by atoms with Gasteiger partial charge in [0.1, 0.15) is 5.60 Å². The topological polar surface area (TPSA) is 59.1 Å². The number of carbonyl (C=O) groups excluding carboxylic acids is 2. The summed E-state index contributed by atoms with van der Waals surface area (Å²) < 4.78 is 10.7. The first-order valence-electron chi connectivity index (χ1n) is 6.36. The number of hydrogen-bond donors (Lipinski definition) is 0. The van der Waals surface area contributed by atoms with Crippen molar-refractivity contribution in [1.82, 2.24) is 9.80 Å². The Morgan fingerprint density at radius 3 is 2.26 bits per heavy atom. The number of likely N-dealkylation sites (N-methyl/N-ethyl adjacent to an activating group) is 1. The maximum atomic E-state index is 12.2. The quantitative estimate of drug-likeness (QED) is 0.755. The maximum Gasteiger partial charge on any atom is 0.410 e. The fourth-order valence-corrected chi connectivity index (χ4v) is 2.10. The van der Waals surface area contributed by atoms with Crippen LogP contribution in [0.3, 0.4) is 0 Å². The average molecular weight is 272 g/mol. The smallest absolute Gasteiger partial charge is 0.410 e. The fourth-order valence-electron chi connectivity index (χ4n) is 2.10. The van der Waals surface area contributed by atoms with Crippen molar-refractivity contribution in [3.05, 3.63) is 0 Å². The van der Waals surface area contributed by atoms with E-state index in [9.17, 15) is 9.59 Å². The summed E-state index contributed by atoms with van der Waals surface area (Å²) in [6, 6.07) is 0. The van der Waals surface area contributed by atoms with E-state index in [-0.39, 0.29) is 12.5 Å². The second-order valence-corrected chi connectivity index (χ2v) is 6.05. The molecule has 0 spiro atoms. The minimum absolute atomic E-state index is 0.124. The Balaban J connectivity index is 2.75. The van der Waals surface area contributed by atoms with Crippen LogP contribution in [0.1, 0.15) is 27.2 Å². The van der Waals surface area contributed by atoms with E-state index >= 15 is 0 Å². The Morgan fingerprint density at radius 1 is 1.26 bits per heavy atom. The molecule has 1 aliphatic heterocycles. The predicted octanol–water partition coefficient (Wildman–Crippen LogP) is 1.10. The van der Waals surface area contributed by atoms with Gasteiger partial charge in [0.15, 0.2) is 5.60 Å². The lowest BCUT2D eigenvalue weighted by atomic mass is 10.0. The molecule has 19 heavy (non-hydrogen) atoms. The van der Waals surface area contributed by atoms with Gasteiger partial charge in [-0.3, -0.25) is 4.79 Å². The van der Waals surface area contributed by atoms with Crippen molar-refractivity contribution in [2.24, 2.45) is 0 Å². The van der Waals surface area contributed by atoms with Crippen molar-refractivity contribution < 1.29 is 19.1 Å². The van der Waals surface area contributed by atoms with Crippen LogP contribution in [0, 0.1) is 0 Å². The summed E-state index contributed by atoms with van der Waals surface area (Å²) in [5, 5.41) is 0. The van der Waals surface area contributed by atoms with Gasteiger partial charge in [0, 0.05) is 34.2 Å². The summed E-state index contributed by atoms with van der Waals surface area (Å²) >= 11 is 0. The lowest BCUT2D eigenvalue weighted by Gasteiger charge is -2.30. The number of nitrogens with zero attached hydrogens (tertiary/aromatic N) is 2. The standard InChI is InChI=1S/C13H24N2O4/c1-12(2,3)19-11(17)15-8-7-13(9-15,18-6)10(16)14(4)5/h7-9H2,1-6H3. The molecular weight excluding hydrogens is 248 g/mol. The first-order chi connectivity index (χ1) is 8.61. The minimum Gasteiger partial charge on any atom is -0.444 e. The molecule has 6 nitrogen and oxygen atoms in total. The molecule has 1 saturated heterocycles. The summed E-state index contributed by atoms with van der Waals surface area (Å²) in [6.45, 7) is 6.14. The van der Waals surface area contributed by atoms with Gasteiger partial charge in [-0.05, 0) is 20.8 Å². The molecule has 1 fully saturated rings. The number of ether oxygens (including phenoxy) is 2. The van der Waals surface area contributed by atoms with Gasteiger partial charge < -0.3 is 19.3 Å². The molecule has 0 aromatic heterocycles. The van der Waals surface area contributed by atoms with Crippen molar-refractivity contribution in [2.75, 3.05) is 34.3 Å². The van der Waals surface area contributed by atoms with Crippen LogP contribution in [0.25, 0.3) is 0 Å². The minimum atomic E-state index is -0.944. The number of carbonyl (C=O) groups is 2. The van der Waals surface area contributed by atoms with Gasteiger partial charge in [0.05, 0.1) is 6.54 Å². The highest BCUT2D eigenvalue weighted by atomic mass is 16.6. The molecule has 1 aliphatic rings. The number of rotatable bonds is 2. The van der Waals surface area contributed by atoms with E-state index in [4.69, 9.17) is 9.47 Å². The van der Waals surface area contributed by atoms with Crippen LogP contribution in [0.15, 0.2) is 0 Å². The molecule has 1 rings (SSSR count). The van der Waals surface area contributed by atoms with Crippen LogP contribution in [0.5, 0.6) is 0 Å². The molecule has 0 aromatic rings. The fraction of sp³-hybridized carbons (Fsp3) is 0.846. The van der Waals surface area contributed by atoms with Gasteiger partial charge in [0.2, 0.25) is 0 Å². The summed E-state index contributed by atoms with van der Waals surface area (Å²) in [4.78, 5) is 27.2. The first kappa shape index (κ1) is 15.8. The van der Waals surface area contributed by atoms with E-state index < -0.39 is 17.3 Å². The van der Waals surface area contributed by atoms with Crippen LogP contribution in [0.4, 0.5) is 4.79 Å². The van der Waals surface area contributed by atoms with Crippen LogP contribution >= 0.6 is 0 Å². The van der Waals surface area contributed by atoms with Crippen LogP contribution in [0.2, 0.25) is 0 Å². The van der Waals surface area contributed by atoms with Gasteiger partial charge in [-0.2, -0.15) is 0 Å². The Hall–Kier alpha value is -1.30. The van der Waals surface area contributed by atoms with Gasteiger partial charge in [0.25, 0.3) is 5.91 Å². The van der Waals surface area contributed by atoms with E-state index in [1.165, 1.54) is 16.9 Å². The molecule has 0 aromatic carbocycles. The van der Waals surface area contributed by atoms with E-state index in [2.05, 4.69) is 0 Å². The van der Waals surface area contributed by atoms with E-state index in [0.717, 1.165) is 0 Å². The van der Waals surface area contributed by atoms with Gasteiger partial charge >= 0.3 is 6.09 Å². The molecule has 0 saturated carbocycles. The van der Waals surface area contributed by atoms with Gasteiger partial charge in [-0.25, -0.2) is 4.79 Å². The Labute approximate surface area is 114 Å². The highest BCUT2D eigenvalue weighted by Gasteiger charge is 2.48. The predicted molar refractivity (Wildman–Crippen MR) is 70.9 cm³/mol. The summed E-state index contributed by atoms with van der Waals surface area (Å²) in [6.07, 6.45) is 0.0812. The van der Waals surface area contributed by atoms with Crippen LogP contribution < -0.4 is 0 Å². The zero-order chi connectivity index (χ0) is 14.8. The highest BCUT2D eigenvalue weighted by Crippen LogP contribution is 2.27. The number of hydrogen-bond acceptors (Lipinski definition) is 4. The Bertz CT molecular complexity index is 362. The number of amides is 2. The normalized spacial score (nSPS) is 23.4. The first-order valence-corrected chi connectivity index (χ1v) is 6.36. The van der Waals surface area contributed by atoms with E-state index in [1.807, 2.05) is 20.8 Å². The third-order valence-corrected chi connectivity index (χ3v) is 3.07. The third kappa shape index (κ3) is 3.59. The lowest BCUT2D eigenvalue weighted by molar-refractivity contribution is -0.150. The lowest BCUT2D eigenvalue weighted by Crippen LogP contribution is -2.50. The highest BCUT2D eigenvalue weighted by molar-refractivity contribution is 5.86. The molecule has 110 valence electrons. The molecular formula is C13H24N2O4. The van der Waals surface area contributed by atoms with Gasteiger partial charge in [-0.1, -0.05) is 0 Å². The van der Waals surface area contributed by atoms with Crippen LogP contribution in [-0.2, 0) is 14.3 Å². The van der Waals surface area contributed by atoms with Crippen molar-refractivity contribution in [1.29, 1.82) is 0 Å². The van der Waals surface area contributed by atoms with Crippen molar-refractivity contribution >= 4 is 12.0 Å². The Morgan fingerprint density at radius 2 is 1.84 bits per heavy atom. The second kappa shape index (κ2) is 5.36. The van der Waals surface area contributed by atoms with Crippen molar-refractivity contribution in [2.45, 2.75) is 38.4 Å². The SMILES string of the molecule is COC1(C(=O)N(C)C)CCN(C(=O)OC(C)(C)C)C1. The maximum absolute atomic E-state index is 12.2. The van der Waals surface area contributed by atoms with E-state index in [0.29, 0.717) is 13.0 Å². The summed E-state index contributed by atoms with van der Waals surface area (Å²) in [5.74, 6) is -0.124. The summed E-state index contributed by atoms with van der Waals surface area (Å²) in [7, 11) is 4.86. The Kier molecular flexibility index (Phi) is 4.45. The molecule has 0 radical (unpaired) electrons. The molecule has 0 aliphatic carbocycles. The summed E-state index contributed by atoms with van der Waals surface area (Å²) in [5.41, 5.74) is -1.48. The monoisotopic (exact) mass is 272 g/mol.